The van der Waals surface area contributed by atoms with E-state index in [1.165, 1.54) is 27.1 Å². The molecule has 9 aromatic rings. The van der Waals surface area contributed by atoms with Crippen molar-refractivity contribution in [2.75, 3.05) is 0 Å². The van der Waals surface area contributed by atoms with E-state index in [1.54, 1.807) is 0 Å². The Morgan fingerprint density at radius 3 is 2.21 bits per heavy atom. The van der Waals surface area contributed by atoms with Gasteiger partial charge in [0.1, 0.15) is 5.82 Å². The zero-order valence-electron chi connectivity index (χ0n) is 27.2. The Hall–Kier alpha value is -6.00. The second-order valence-electron chi connectivity index (χ2n) is 13.6. The molecule has 230 valence electrons. The highest BCUT2D eigenvalue weighted by Crippen LogP contribution is 2.42. The Kier molecular flexibility index (Phi) is 6.34. The van der Waals surface area contributed by atoms with Crippen LogP contribution in [0, 0.1) is 0 Å². The molecule has 0 atom stereocenters. The van der Waals surface area contributed by atoms with Crippen LogP contribution in [0.5, 0.6) is 0 Å². The van der Waals surface area contributed by atoms with Gasteiger partial charge in [-0.2, -0.15) is 0 Å². The minimum atomic E-state index is -0.0608. The molecule has 48 heavy (non-hydrogen) atoms. The quantitative estimate of drug-likeness (QED) is 0.213. The van der Waals surface area contributed by atoms with Gasteiger partial charge in [-0.3, -0.25) is 9.55 Å². The Labute approximate surface area is 279 Å². The highest BCUT2D eigenvalue weighted by atomic mass is 15.1. The minimum Gasteiger partial charge on any atom is -0.354 e. The molecule has 0 aliphatic carbocycles. The van der Waals surface area contributed by atoms with E-state index in [-0.39, 0.29) is 5.41 Å². The lowest BCUT2D eigenvalue weighted by Gasteiger charge is -2.21. The molecule has 4 heteroatoms. The SMILES string of the molecule is CC(C)(C)c1cc(-c2nc3c(-c4cccc(-c5ccccn5)c4)cccc3n2-c2cccc3ccccc23)c2[nH]c3ccccc3c2c1. The molecule has 0 radical (unpaired) electrons. The second kappa shape index (κ2) is 10.8. The summed E-state index contributed by atoms with van der Waals surface area (Å²) < 4.78 is 2.37. The maximum atomic E-state index is 5.62. The van der Waals surface area contributed by atoms with Gasteiger partial charge in [0.05, 0.1) is 27.9 Å². The maximum Gasteiger partial charge on any atom is 0.147 e. The van der Waals surface area contributed by atoms with Crippen molar-refractivity contribution in [2.24, 2.45) is 0 Å². The minimum absolute atomic E-state index is 0.0608. The molecule has 0 amide bonds. The number of aromatic nitrogens is 4. The van der Waals surface area contributed by atoms with Crippen molar-refractivity contribution in [3.63, 3.8) is 0 Å². The molecule has 3 heterocycles. The Bertz CT molecular complexity index is 2650. The third-order valence-electron chi connectivity index (χ3n) is 9.55. The third kappa shape index (κ3) is 4.52. The lowest BCUT2D eigenvalue weighted by atomic mass is 9.85. The van der Waals surface area contributed by atoms with Crippen molar-refractivity contribution >= 4 is 43.6 Å². The number of H-pyrrole nitrogens is 1. The summed E-state index contributed by atoms with van der Waals surface area (Å²) in [6, 6.07) is 49.7. The smallest absolute Gasteiger partial charge is 0.147 e. The summed E-state index contributed by atoms with van der Waals surface area (Å²) in [6.07, 6.45) is 1.84. The molecule has 0 unspecified atom stereocenters. The van der Waals surface area contributed by atoms with Crippen molar-refractivity contribution in [1.82, 2.24) is 19.5 Å². The van der Waals surface area contributed by atoms with Gasteiger partial charge >= 0.3 is 0 Å². The summed E-state index contributed by atoms with van der Waals surface area (Å²) in [5, 5.41) is 4.82. The van der Waals surface area contributed by atoms with E-state index in [1.807, 2.05) is 18.3 Å². The number of benzene rings is 6. The van der Waals surface area contributed by atoms with Crippen LogP contribution in [-0.2, 0) is 5.41 Å². The lowest BCUT2D eigenvalue weighted by molar-refractivity contribution is 0.591. The zero-order chi connectivity index (χ0) is 32.4. The second-order valence-corrected chi connectivity index (χ2v) is 13.6. The Morgan fingerprint density at radius 2 is 1.35 bits per heavy atom. The standard InChI is InChI=1S/C44H34N4/c1-44(2,3)31-26-35-34-18-6-7-21-38(34)46-41(35)36(27-31)43-47-42-33(29-15-10-16-30(25-29)37-20-8-9-24-45-37)19-12-23-40(42)48(43)39-22-11-14-28-13-4-5-17-32(28)39/h4-27,46H,1-3H3. The van der Waals surface area contributed by atoms with Gasteiger partial charge in [-0.1, -0.05) is 112 Å². The topological polar surface area (TPSA) is 46.5 Å². The van der Waals surface area contributed by atoms with Gasteiger partial charge < -0.3 is 4.98 Å². The van der Waals surface area contributed by atoms with Gasteiger partial charge in [0.15, 0.2) is 0 Å². The first-order chi connectivity index (χ1) is 23.4. The molecule has 9 rings (SSSR count). The summed E-state index contributed by atoms with van der Waals surface area (Å²) >= 11 is 0. The van der Waals surface area contributed by atoms with E-state index in [4.69, 9.17) is 4.98 Å². The molecular formula is C44H34N4. The zero-order valence-corrected chi connectivity index (χ0v) is 27.2. The number of imidazole rings is 1. The molecule has 0 bridgehead atoms. The summed E-state index contributed by atoms with van der Waals surface area (Å²) in [5.74, 6) is 0.914. The number of nitrogens with one attached hydrogen (secondary N) is 1. The monoisotopic (exact) mass is 618 g/mol. The molecule has 0 aliphatic rings. The molecular weight excluding hydrogens is 585 g/mol. The molecule has 0 saturated carbocycles. The first-order valence-electron chi connectivity index (χ1n) is 16.5. The molecule has 0 fully saturated rings. The Morgan fingerprint density at radius 1 is 0.604 bits per heavy atom. The van der Waals surface area contributed by atoms with Crippen molar-refractivity contribution in [3.8, 4) is 39.5 Å². The van der Waals surface area contributed by atoms with Crippen LogP contribution in [0.4, 0.5) is 0 Å². The van der Waals surface area contributed by atoms with Crippen molar-refractivity contribution < 1.29 is 0 Å². The number of nitrogens with zero attached hydrogens (tertiary/aromatic N) is 3. The van der Waals surface area contributed by atoms with Crippen LogP contribution < -0.4 is 0 Å². The summed E-state index contributed by atoms with van der Waals surface area (Å²) in [6.45, 7) is 6.85. The van der Waals surface area contributed by atoms with Gasteiger partial charge in [0.2, 0.25) is 0 Å². The van der Waals surface area contributed by atoms with Gasteiger partial charge in [-0.25, -0.2) is 4.98 Å². The van der Waals surface area contributed by atoms with Gasteiger partial charge in [-0.15, -0.1) is 0 Å². The fourth-order valence-electron chi connectivity index (χ4n) is 7.10. The first-order valence-corrected chi connectivity index (χ1v) is 16.5. The van der Waals surface area contributed by atoms with Gasteiger partial charge in [-0.05, 0) is 70.5 Å². The Balaban J connectivity index is 1.40. The number of aromatic amines is 1. The third-order valence-corrected chi connectivity index (χ3v) is 9.55. The first kappa shape index (κ1) is 28.2. The van der Waals surface area contributed by atoms with E-state index in [0.717, 1.165) is 61.5 Å². The summed E-state index contributed by atoms with van der Waals surface area (Å²) in [5.41, 5.74) is 11.9. The van der Waals surface area contributed by atoms with Crippen LogP contribution in [0.2, 0.25) is 0 Å². The highest BCUT2D eigenvalue weighted by molar-refractivity contribution is 6.12. The molecule has 1 N–H and O–H groups in total. The largest absolute Gasteiger partial charge is 0.354 e. The van der Waals surface area contributed by atoms with Crippen LogP contribution >= 0.6 is 0 Å². The van der Waals surface area contributed by atoms with Crippen molar-refractivity contribution in [3.05, 3.63) is 151 Å². The lowest BCUT2D eigenvalue weighted by Crippen LogP contribution is -2.11. The maximum absolute atomic E-state index is 5.62. The van der Waals surface area contributed by atoms with E-state index in [2.05, 4.69) is 163 Å². The van der Waals surface area contributed by atoms with E-state index >= 15 is 0 Å². The highest BCUT2D eigenvalue weighted by Gasteiger charge is 2.24. The fourth-order valence-corrected chi connectivity index (χ4v) is 7.10. The summed E-state index contributed by atoms with van der Waals surface area (Å²) in [7, 11) is 0. The number of pyridine rings is 1. The van der Waals surface area contributed by atoms with Crippen LogP contribution in [0.25, 0.3) is 83.1 Å². The molecule has 3 aromatic heterocycles. The number of hydrogen-bond acceptors (Lipinski definition) is 2. The molecule has 0 spiro atoms. The number of fused-ring (bicyclic) bond motifs is 5. The van der Waals surface area contributed by atoms with E-state index < -0.39 is 0 Å². The molecule has 0 saturated heterocycles. The number of rotatable bonds is 4. The van der Waals surface area contributed by atoms with Crippen LogP contribution in [0.3, 0.4) is 0 Å². The average Bonchev–Trinajstić information content (AvgIpc) is 3.70. The van der Waals surface area contributed by atoms with Crippen molar-refractivity contribution in [1.29, 1.82) is 0 Å². The molecule has 4 nitrogen and oxygen atoms in total. The number of para-hydroxylation sites is 2. The van der Waals surface area contributed by atoms with Gasteiger partial charge in [0, 0.05) is 44.6 Å². The summed E-state index contributed by atoms with van der Waals surface area (Å²) in [4.78, 5) is 14.0. The normalized spacial score (nSPS) is 12.1. The number of hydrogen-bond donors (Lipinski definition) is 1. The van der Waals surface area contributed by atoms with Crippen LogP contribution in [0.15, 0.2) is 146 Å². The van der Waals surface area contributed by atoms with Crippen molar-refractivity contribution in [2.45, 2.75) is 26.2 Å². The predicted octanol–water partition coefficient (Wildman–Crippen LogP) is 11.5. The van der Waals surface area contributed by atoms with E-state index in [0.29, 0.717) is 0 Å². The molecule has 0 aliphatic heterocycles. The average molecular weight is 619 g/mol. The van der Waals surface area contributed by atoms with Gasteiger partial charge in [0.25, 0.3) is 0 Å². The van der Waals surface area contributed by atoms with E-state index in [9.17, 15) is 0 Å². The predicted molar refractivity (Wildman–Crippen MR) is 201 cm³/mol. The van der Waals surface area contributed by atoms with Crippen LogP contribution in [0.1, 0.15) is 26.3 Å². The molecule has 6 aromatic carbocycles. The fraction of sp³-hybridized carbons (Fsp3) is 0.0909. The van der Waals surface area contributed by atoms with Crippen LogP contribution in [-0.4, -0.2) is 19.5 Å².